The Morgan fingerprint density at radius 2 is 2.33 bits per heavy atom. The van der Waals surface area contributed by atoms with Crippen molar-refractivity contribution in [1.82, 2.24) is 15.5 Å². The van der Waals surface area contributed by atoms with Crippen molar-refractivity contribution in [3.63, 3.8) is 0 Å². The minimum absolute atomic E-state index is 0.469. The SMILES string of the molecule is Cc1[nH]ncc1CN[C@H]1CCSc2ccccc21. The Labute approximate surface area is 111 Å². The van der Waals surface area contributed by atoms with Crippen LogP contribution in [0.5, 0.6) is 0 Å². The molecule has 2 N–H and O–H groups in total. The summed E-state index contributed by atoms with van der Waals surface area (Å²) in [7, 11) is 0. The molecule has 0 spiro atoms. The molecule has 3 rings (SSSR count). The molecule has 0 fully saturated rings. The quantitative estimate of drug-likeness (QED) is 0.890. The molecule has 0 bridgehead atoms. The molecule has 1 atom stereocenters. The Hall–Kier alpha value is -1.26. The third-order valence-electron chi connectivity index (χ3n) is 3.43. The Morgan fingerprint density at radius 3 is 3.17 bits per heavy atom. The van der Waals surface area contributed by atoms with E-state index in [9.17, 15) is 0 Å². The molecule has 1 aromatic heterocycles. The second kappa shape index (κ2) is 5.16. The van der Waals surface area contributed by atoms with Gasteiger partial charge in [-0.25, -0.2) is 0 Å². The fourth-order valence-electron chi connectivity index (χ4n) is 2.34. The molecule has 4 heteroatoms. The number of thioether (sulfide) groups is 1. The van der Waals surface area contributed by atoms with Crippen LogP contribution in [0, 0.1) is 6.92 Å². The summed E-state index contributed by atoms with van der Waals surface area (Å²) in [6, 6.07) is 9.17. The number of hydrogen-bond donors (Lipinski definition) is 2. The van der Waals surface area contributed by atoms with Gasteiger partial charge in [0.1, 0.15) is 0 Å². The molecule has 18 heavy (non-hydrogen) atoms. The first kappa shape index (κ1) is 11.8. The largest absolute Gasteiger partial charge is 0.306 e. The van der Waals surface area contributed by atoms with Gasteiger partial charge < -0.3 is 5.32 Å². The van der Waals surface area contributed by atoms with Crippen LogP contribution in [0.1, 0.15) is 29.3 Å². The highest BCUT2D eigenvalue weighted by Crippen LogP contribution is 2.35. The molecule has 0 unspecified atom stereocenters. The topological polar surface area (TPSA) is 40.7 Å². The van der Waals surface area contributed by atoms with E-state index in [-0.39, 0.29) is 0 Å². The van der Waals surface area contributed by atoms with Gasteiger partial charge in [0, 0.05) is 28.7 Å². The van der Waals surface area contributed by atoms with E-state index in [1.807, 2.05) is 18.0 Å². The number of H-pyrrole nitrogens is 1. The van der Waals surface area contributed by atoms with E-state index in [0.717, 1.165) is 12.2 Å². The number of fused-ring (bicyclic) bond motifs is 1. The highest BCUT2D eigenvalue weighted by atomic mass is 32.2. The summed E-state index contributed by atoms with van der Waals surface area (Å²) in [5, 5.41) is 10.7. The van der Waals surface area contributed by atoms with Gasteiger partial charge in [0.15, 0.2) is 0 Å². The van der Waals surface area contributed by atoms with Gasteiger partial charge in [0.2, 0.25) is 0 Å². The number of nitrogens with zero attached hydrogens (tertiary/aromatic N) is 1. The average molecular weight is 259 g/mol. The molecular formula is C14H17N3S. The zero-order valence-corrected chi connectivity index (χ0v) is 11.3. The van der Waals surface area contributed by atoms with Crippen molar-refractivity contribution in [2.24, 2.45) is 0 Å². The number of hydrogen-bond acceptors (Lipinski definition) is 3. The van der Waals surface area contributed by atoms with Gasteiger partial charge in [-0.2, -0.15) is 5.10 Å². The van der Waals surface area contributed by atoms with E-state index in [1.54, 1.807) is 0 Å². The standard InChI is InChI=1S/C14H17N3S/c1-10-11(9-16-17-10)8-15-13-6-7-18-14-5-3-2-4-12(13)14/h2-5,9,13,15H,6-8H2,1H3,(H,16,17)/t13-/m0/s1. The molecule has 0 saturated carbocycles. The average Bonchev–Trinajstić information content (AvgIpc) is 2.82. The monoisotopic (exact) mass is 259 g/mol. The first-order valence-electron chi connectivity index (χ1n) is 6.28. The molecule has 0 radical (unpaired) electrons. The van der Waals surface area contributed by atoms with E-state index >= 15 is 0 Å². The van der Waals surface area contributed by atoms with E-state index in [0.29, 0.717) is 6.04 Å². The summed E-state index contributed by atoms with van der Waals surface area (Å²) < 4.78 is 0. The van der Waals surface area contributed by atoms with Crippen molar-refractivity contribution >= 4 is 11.8 Å². The third kappa shape index (κ3) is 2.31. The minimum Gasteiger partial charge on any atom is -0.306 e. The van der Waals surface area contributed by atoms with Crippen LogP contribution in [-0.2, 0) is 6.54 Å². The van der Waals surface area contributed by atoms with Crippen molar-refractivity contribution in [2.75, 3.05) is 5.75 Å². The van der Waals surface area contributed by atoms with Crippen molar-refractivity contribution in [3.05, 3.63) is 47.3 Å². The van der Waals surface area contributed by atoms with E-state index in [2.05, 4.69) is 46.7 Å². The number of rotatable bonds is 3. The van der Waals surface area contributed by atoms with Gasteiger partial charge in [-0.1, -0.05) is 18.2 Å². The van der Waals surface area contributed by atoms with Crippen LogP contribution in [0.15, 0.2) is 35.4 Å². The molecule has 1 aliphatic heterocycles. The highest BCUT2D eigenvalue weighted by Gasteiger charge is 2.19. The van der Waals surface area contributed by atoms with Crippen molar-refractivity contribution in [2.45, 2.75) is 30.8 Å². The minimum atomic E-state index is 0.469. The van der Waals surface area contributed by atoms with Crippen LogP contribution in [-0.4, -0.2) is 16.0 Å². The second-order valence-corrected chi connectivity index (χ2v) is 5.77. The molecule has 1 aromatic carbocycles. The lowest BCUT2D eigenvalue weighted by Crippen LogP contribution is -2.24. The molecule has 0 aliphatic carbocycles. The van der Waals surface area contributed by atoms with Gasteiger partial charge in [-0.3, -0.25) is 5.10 Å². The van der Waals surface area contributed by atoms with Crippen LogP contribution in [0.4, 0.5) is 0 Å². The lowest BCUT2D eigenvalue weighted by molar-refractivity contribution is 0.509. The van der Waals surface area contributed by atoms with Gasteiger partial charge in [0.05, 0.1) is 6.20 Å². The smallest absolute Gasteiger partial charge is 0.0535 e. The zero-order chi connectivity index (χ0) is 12.4. The van der Waals surface area contributed by atoms with Crippen LogP contribution in [0.2, 0.25) is 0 Å². The maximum absolute atomic E-state index is 4.06. The maximum atomic E-state index is 4.06. The van der Waals surface area contributed by atoms with Gasteiger partial charge >= 0.3 is 0 Å². The van der Waals surface area contributed by atoms with Crippen LogP contribution in [0.3, 0.4) is 0 Å². The lowest BCUT2D eigenvalue weighted by atomic mass is 10.0. The predicted molar refractivity (Wildman–Crippen MR) is 74.7 cm³/mol. The van der Waals surface area contributed by atoms with E-state index in [4.69, 9.17) is 0 Å². The summed E-state index contributed by atoms with van der Waals surface area (Å²) in [5.74, 6) is 1.19. The number of aryl methyl sites for hydroxylation is 1. The summed E-state index contributed by atoms with van der Waals surface area (Å²) in [6.45, 7) is 2.95. The molecule has 0 saturated heterocycles. The number of aromatic nitrogens is 2. The number of nitrogens with one attached hydrogen (secondary N) is 2. The van der Waals surface area contributed by atoms with Crippen LogP contribution in [0.25, 0.3) is 0 Å². The molecule has 3 nitrogen and oxygen atoms in total. The molecule has 1 aliphatic rings. The van der Waals surface area contributed by atoms with E-state index in [1.165, 1.54) is 28.2 Å². The summed E-state index contributed by atoms with van der Waals surface area (Å²) in [6.07, 6.45) is 3.10. The molecule has 2 aromatic rings. The zero-order valence-electron chi connectivity index (χ0n) is 10.4. The predicted octanol–water partition coefficient (Wildman–Crippen LogP) is 3.04. The molecule has 0 amide bonds. The fourth-order valence-corrected chi connectivity index (χ4v) is 3.47. The molecular weight excluding hydrogens is 242 g/mol. The Morgan fingerprint density at radius 1 is 1.44 bits per heavy atom. The third-order valence-corrected chi connectivity index (χ3v) is 4.55. The van der Waals surface area contributed by atoms with Crippen LogP contribution < -0.4 is 5.32 Å². The first-order chi connectivity index (χ1) is 8.84. The Kier molecular flexibility index (Phi) is 3.39. The highest BCUT2D eigenvalue weighted by molar-refractivity contribution is 7.99. The lowest BCUT2D eigenvalue weighted by Gasteiger charge is -2.25. The van der Waals surface area contributed by atoms with Crippen molar-refractivity contribution in [3.8, 4) is 0 Å². The fraction of sp³-hybridized carbons (Fsp3) is 0.357. The Bertz CT molecular complexity index is 535. The summed E-state index contributed by atoms with van der Waals surface area (Å²) >= 11 is 1.96. The van der Waals surface area contributed by atoms with Gasteiger partial charge in [0.25, 0.3) is 0 Å². The molecule has 2 heterocycles. The first-order valence-corrected chi connectivity index (χ1v) is 7.27. The summed E-state index contributed by atoms with van der Waals surface area (Å²) in [5.41, 5.74) is 3.85. The van der Waals surface area contributed by atoms with Gasteiger partial charge in [-0.05, 0) is 30.7 Å². The number of aromatic amines is 1. The summed E-state index contributed by atoms with van der Waals surface area (Å²) in [4.78, 5) is 1.42. The number of benzene rings is 1. The van der Waals surface area contributed by atoms with Crippen molar-refractivity contribution in [1.29, 1.82) is 0 Å². The van der Waals surface area contributed by atoms with Gasteiger partial charge in [-0.15, -0.1) is 11.8 Å². The van der Waals surface area contributed by atoms with Crippen molar-refractivity contribution < 1.29 is 0 Å². The normalized spacial score (nSPS) is 18.6. The second-order valence-electron chi connectivity index (χ2n) is 4.63. The Balaban J connectivity index is 1.73. The van der Waals surface area contributed by atoms with Crippen LogP contribution >= 0.6 is 11.8 Å². The maximum Gasteiger partial charge on any atom is 0.0535 e. The van der Waals surface area contributed by atoms with E-state index < -0.39 is 0 Å². The molecule has 94 valence electrons.